The Morgan fingerprint density at radius 3 is 2.38 bits per heavy atom. The molecule has 1 amide bonds. The average Bonchev–Trinajstić information content (AvgIpc) is 2.54. The zero-order valence-corrected chi connectivity index (χ0v) is 14.5. The van der Waals surface area contributed by atoms with E-state index < -0.39 is 18.0 Å². The molecule has 0 unspecified atom stereocenters. The van der Waals surface area contributed by atoms with Gasteiger partial charge in [0.15, 0.2) is 6.10 Å². The van der Waals surface area contributed by atoms with Gasteiger partial charge in [-0.2, -0.15) is 0 Å². The Bertz CT molecular complexity index is 729. The van der Waals surface area contributed by atoms with Gasteiger partial charge >= 0.3 is 5.97 Å². The molecular formula is C18H19ClN2O3. The van der Waals surface area contributed by atoms with Gasteiger partial charge in [0.2, 0.25) is 0 Å². The van der Waals surface area contributed by atoms with Gasteiger partial charge in [0.05, 0.1) is 5.56 Å². The zero-order valence-electron chi connectivity index (χ0n) is 13.7. The van der Waals surface area contributed by atoms with Gasteiger partial charge in [0.1, 0.15) is 0 Å². The van der Waals surface area contributed by atoms with Gasteiger partial charge in [0, 0.05) is 30.5 Å². The summed E-state index contributed by atoms with van der Waals surface area (Å²) in [5.41, 5.74) is 1.91. The van der Waals surface area contributed by atoms with Gasteiger partial charge in [-0.3, -0.25) is 4.79 Å². The Morgan fingerprint density at radius 1 is 1.12 bits per heavy atom. The van der Waals surface area contributed by atoms with Gasteiger partial charge in [-0.15, -0.1) is 0 Å². The van der Waals surface area contributed by atoms with Gasteiger partial charge in [-0.25, -0.2) is 4.79 Å². The van der Waals surface area contributed by atoms with E-state index in [1.165, 1.54) is 6.92 Å². The van der Waals surface area contributed by atoms with E-state index in [9.17, 15) is 9.59 Å². The molecule has 0 aliphatic carbocycles. The van der Waals surface area contributed by atoms with Gasteiger partial charge in [-0.05, 0) is 49.4 Å². The van der Waals surface area contributed by atoms with E-state index >= 15 is 0 Å². The molecule has 0 spiro atoms. The molecule has 1 N–H and O–H groups in total. The molecule has 0 saturated carbocycles. The van der Waals surface area contributed by atoms with E-state index in [1.807, 2.05) is 31.1 Å². The maximum atomic E-state index is 12.1. The Kier molecular flexibility index (Phi) is 5.82. The molecule has 0 aromatic heterocycles. The number of carbonyl (C=O) groups excluding carboxylic acids is 2. The van der Waals surface area contributed by atoms with E-state index in [2.05, 4.69) is 5.32 Å². The van der Waals surface area contributed by atoms with Crippen LogP contribution in [-0.4, -0.2) is 32.1 Å². The SMILES string of the molecule is C[C@H](OC(=O)c1ccc(N(C)C)cc1)C(=O)Nc1cccc(Cl)c1. The number of amides is 1. The molecule has 0 aliphatic heterocycles. The van der Waals surface area contributed by atoms with Crippen LogP contribution in [0.4, 0.5) is 11.4 Å². The van der Waals surface area contributed by atoms with Crippen molar-refractivity contribution in [2.75, 3.05) is 24.3 Å². The Morgan fingerprint density at radius 2 is 1.79 bits per heavy atom. The van der Waals surface area contributed by atoms with Gasteiger partial charge in [-0.1, -0.05) is 17.7 Å². The second-order valence-corrected chi connectivity index (χ2v) is 5.92. The molecule has 0 fully saturated rings. The molecule has 2 aromatic carbocycles. The molecule has 2 aromatic rings. The predicted molar refractivity (Wildman–Crippen MR) is 95.7 cm³/mol. The lowest BCUT2D eigenvalue weighted by atomic mass is 10.2. The first-order valence-corrected chi connectivity index (χ1v) is 7.79. The van der Waals surface area contributed by atoms with Crippen LogP contribution in [0.15, 0.2) is 48.5 Å². The molecule has 2 rings (SSSR count). The molecule has 0 heterocycles. The van der Waals surface area contributed by atoms with Crippen molar-refractivity contribution in [2.24, 2.45) is 0 Å². The van der Waals surface area contributed by atoms with E-state index in [1.54, 1.807) is 36.4 Å². The van der Waals surface area contributed by atoms with Crippen molar-refractivity contribution < 1.29 is 14.3 Å². The Hall–Kier alpha value is -2.53. The third-order valence-corrected chi connectivity index (χ3v) is 3.60. The molecule has 0 radical (unpaired) electrons. The van der Waals surface area contributed by atoms with Crippen LogP contribution in [0.1, 0.15) is 17.3 Å². The number of hydrogen-bond donors (Lipinski definition) is 1. The fourth-order valence-corrected chi connectivity index (χ4v) is 2.18. The maximum Gasteiger partial charge on any atom is 0.338 e. The molecular weight excluding hydrogens is 328 g/mol. The number of nitrogens with zero attached hydrogens (tertiary/aromatic N) is 1. The highest BCUT2D eigenvalue weighted by Crippen LogP contribution is 2.16. The highest BCUT2D eigenvalue weighted by Gasteiger charge is 2.19. The quantitative estimate of drug-likeness (QED) is 0.840. The summed E-state index contributed by atoms with van der Waals surface area (Å²) in [6, 6.07) is 13.7. The lowest BCUT2D eigenvalue weighted by Gasteiger charge is -2.15. The second-order valence-electron chi connectivity index (χ2n) is 5.49. The molecule has 5 nitrogen and oxygen atoms in total. The van der Waals surface area contributed by atoms with Crippen LogP contribution in [0.2, 0.25) is 5.02 Å². The molecule has 1 atom stereocenters. The van der Waals surface area contributed by atoms with Crippen molar-refractivity contribution in [3.05, 3.63) is 59.1 Å². The minimum absolute atomic E-state index is 0.392. The van der Waals surface area contributed by atoms with Crippen LogP contribution in [0, 0.1) is 0 Å². The lowest BCUT2D eigenvalue weighted by Crippen LogP contribution is -2.30. The van der Waals surface area contributed by atoms with Crippen molar-refractivity contribution in [3.8, 4) is 0 Å². The van der Waals surface area contributed by atoms with E-state index in [-0.39, 0.29) is 0 Å². The summed E-state index contributed by atoms with van der Waals surface area (Å²) in [5, 5.41) is 3.17. The second kappa shape index (κ2) is 7.84. The number of benzene rings is 2. The smallest absolute Gasteiger partial charge is 0.338 e. The minimum atomic E-state index is -0.926. The van der Waals surface area contributed by atoms with Gasteiger partial charge < -0.3 is 15.0 Å². The summed E-state index contributed by atoms with van der Waals surface area (Å²) in [4.78, 5) is 26.1. The molecule has 0 bridgehead atoms. The predicted octanol–water partition coefficient (Wildman–Crippen LogP) is 3.59. The van der Waals surface area contributed by atoms with E-state index in [0.29, 0.717) is 16.3 Å². The summed E-state index contributed by atoms with van der Waals surface area (Å²) in [6.45, 7) is 1.52. The van der Waals surface area contributed by atoms with Crippen molar-refractivity contribution in [1.82, 2.24) is 0 Å². The standard InChI is InChI=1S/C18H19ClN2O3/c1-12(17(22)20-15-6-4-5-14(19)11-15)24-18(23)13-7-9-16(10-8-13)21(2)3/h4-12H,1-3H3,(H,20,22)/t12-/m0/s1. The molecule has 6 heteroatoms. The Labute approximate surface area is 146 Å². The first-order chi connectivity index (χ1) is 11.4. The Balaban J connectivity index is 1.96. The zero-order chi connectivity index (χ0) is 17.7. The summed E-state index contributed by atoms with van der Waals surface area (Å²) in [6.07, 6.45) is -0.926. The fraction of sp³-hybridized carbons (Fsp3) is 0.222. The van der Waals surface area contributed by atoms with Crippen LogP contribution < -0.4 is 10.2 Å². The van der Waals surface area contributed by atoms with Crippen LogP contribution in [0.3, 0.4) is 0 Å². The number of halogens is 1. The van der Waals surface area contributed by atoms with Crippen LogP contribution in [0.25, 0.3) is 0 Å². The van der Waals surface area contributed by atoms with Crippen LogP contribution >= 0.6 is 11.6 Å². The topological polar surface area (TPSA) is 58.6 Å². The summed E-state index contributed by atoms with van der Waals surface area (Å²) in [5.74, 6) is -0.968. The van der Waals surface area contributed by atoms with E-state index in [0.717, 1.165) is 5.69 Å². The number of ether oxygens (including phenoxy) is 1. The number of hydrogen-bond acceptors (Lipinski definition) is 4. The summed E-state index contributed by atoms with van der Waals surface area (Å²) in [7, 11) is 3.82. The summed E-state index contributed by atoms with van der Waals surface area (Å²) >= 11 is 5.87. The molecule has 24 heavy (non-hydrogen) atoms. The third kappa shape index (κ3) is 4.73. The average molecular weight is 347 g/mol. The number of nitrogens with one attached hydrogen (secondary N) is 1. The van der Waals surface area contributed by atoms with Crippen molar-refractivity contribution in [1.29, 1.82) is 0 Å². The van der Waals surface area contributed by atoms with Crippen molar-refractivity contribution in [3.63, 3.8) is 0 Å². The van der Waals surface area contributed by atoms with Crippen molar-refractivity contribution in [2.45, 2.75) is 13.0 Å². The van der Waals surface area contributed by atoms with Crippen LogP contribution in [0.5, 0.6) is 0 Å². The minimum Gasteiger partial charge on any atom is -0.449 e. The van der Waals surface area contributed by atoms with E-state index in [4.69, 9.17) is 16.3 Å². The number of anilines is 2. The number of carbonyl (C=O) groups is 2. The first-order valence-electron chi connectivity index (χ1n) is 7.41. The first kappa shape index (κ1) is 17.8. The lowest BCUT2D eigenvalue weighted by molar-refractivity contribution is -0.123. The fourth-order valence-electron chi connectivity index (χ4n) is 1.99. The highest BCUT2D eigenvalue weighted by atomic mass is 35.5. The van der Waals surface area contributed by atoms with Gasteiger partial charge in [0.25, 0.3) is 5.91 Å². The third-order valence-electron chi connectivity index (χ3n) is 3.36. The summed E-state index contributed by atoms with van der Waals surface area (Å²) < 4.78 is 5.20. The normalized spacial score (nSPS) is 11.5. The van der Waals surface area contributed by atoms with Crippen molar-refractivity contribution >= 4 is 34.9 Å². The molecule has 126 valence electrons. The largest absolute Gasteiger partial charge is 0.449 e. The highest BCUT2D eigenvalue weighted by molar-refractivity contribution is 6.30. The monoisotopic (exact) mass is 346 g/mol. The maximum absolute atomic E-state index is 12.1. The molecule has 0 aliphatic rings. The molecule has 0 saturated heterocycles. The number of esters is 1. The van der Waals surface area contributed by atoms with Crippen LogP contribution in [-0.2, 0) is 9.53 Å². The number of rotatable bonds is 5.